The van der Waals surface area contributed by atoms with E-state index in [1.807, 2.05) is 6.07 Å². The summed E-state index contributed by atoms with van der Waals surface area (Å²) < 4.78 is 5.06. The van der Waals surface area contributed by atoms with Crippen molar-refractivity contribution < 1.29 is 28.7 Å². The molecule has 0 saturated carbocycles. The van der Waals surface area contributed by atoms with Gasteiger partial charge in [-0.1, -0.05) is 67.6 Å². The summed E-state index contributed by atoms with van der Waals surface area (Å²) >= 11 is 0. The standard InChI is InChI=1S/C27H34N4O6/c1-17(16-27(2,3)37-26(29)36)24(34)31-21(15-19-12-8-5-9-13-19)25(35)30-20(22(32)23(28)33)14-18-10-6-4-7-11-18/h4-13,17,20-21H,14-16H2,1-3H3,(H2,28,33)(H2,29,36)(H,30,35)(H,31,34)/t17-,20-,21-/m0/s1. The number of nitrogens with two attached hydrogens (primary N) is 2. The summed E-state index contributed by atoms with van der Waals surface area (Å²) in [5.41, 5.74) is 10.8. The highest BCUT2D eigenvalue weighted by molar-refractivity contribution is 6.37. The molecule has 0 aliphatic rings. The second kappa shape index (κ2) is 13.2. The van der Waals surface area contributed by atoms with Crippen molar-refractivity contribution in [2.45, 2.75) is 57.7 Å². The van der Waals surface area contributed by atoms with E-state index in [4.69, 9.17) is 16.2 Å². The van der Waals surface area contributed by atoms with Crippen LogP contribution in [0.2, 0.25) is 0 Å². The van der Waals surface area contributed by atoms with Crippen LogP contribution in [0.4, 0.5) is 4.79 Å². The molecule has 0 aliphatic carbocycles. The summed E-state index contributed by atoms with van der Waals surface area (Å²) in [5.74, 6) is -3.87. The van der Waals surface area contributed by atoms with Gasteiger partial charge < -0.3 is 26.8 Å². The summed E-state index contributed by atoms with van der Waals surface area (Å²) in [6, 6.07) is 15.6. The Kier molecular flexibility index (Phi) is 10.4. The zero-order chi connectivity index (χ0) is 27.6. The van der Waals surface area contributed by atoms with Crippen LogP contribution in [0, 0.1) is 5.92 Å². The molecule has 0 heterocycles. The zero-order valence-electron chi connectivity index (χ0n) is 21.2. The van der Waals surface area contributed by atoms with Crippen LogP contribution in [0.1, 0.15) is 38.3 Å². The molecule has 0 aromatic heterocycles. The van der Waals surface area contributed by atoms with Crippen molar-refractivity contribution in [1.29, 1.82) is 0 Å². The van der Waals surface area contributed by atoms with E-state index < -0.39 is 53.2 Å². The molecule has 4 amide bonds. The predicted molar refractivity (Wildman–Crippen MR) is 137 cm³/mol. The van der Waals surface area contributed by atoms with E-state index in [0.29, 0.717) is 0 Å². The first kappa shape index (κ1) is 29.0. The molecule has 0 saturated heterocycles. The number of Topliss-reactive ketones (excluding diaryl/α,β-unsaturated/α-hetero) is 1. The second-order valence-electron chi connectivity index (χ2n) is 9.52. The minimum Gasteiger partial charge on any atom is -0.444 e. The molecule has 6 N–H and O–H groups in total. The lowest BCUT2D eigenvalue weighted by atomic mass is 9.93. The van der Waals surface area contributed by atoms with Crippen LogP contribution in [-0.4, -0.2) is 47.3 Å². The van der Waals surface area contributed by atoms with Crippen LogP contribution in [0.15, 0.2) is 60.7 Å². The van der Waals surface area contributed by atoms with Crippen LogP contribution in [0.5, 0.6) is 0 Å². The van der Waals surface area contributed by atoms with Crippen molar-refractivity contribution in [3.8, 4) is 0 Å². The third-order valence-electron chi connectivity index (χ3n) is 5.70. The molecule has 0 bridgehead atoms. The summed E-state index contributed by atoms with van der Waals surface area (Å²) in [6.07, 6.45) is -0.620. The number of carbonyl (C=O) groups excluding carboxylic acids is 5. The van der Waals surface area contributed by atoms with Gasteiger partial charge in [-0.2, -0.15) is 0 Å². The second-order valence-corrected chi connectivity index (χ2v) is 9.52. The molecule has 3 atom stereocenters. The SMILES string of the molecule is C[C@@H](CC(C)(C)OC(N)=O)C(=O)N[C@@H](Cc1ccccc1)C(=O)N[C@@H](Cc1ccccc1)C(=O)C(N)=O. The summed E-state index contributed by atoms with van der Waals surface area (Å²) in [7, 11) is 0. The maximum atomic E-state index is 13.3. The molecule has 10 heteroatoms. The Morgan fingerprint density at radius 2 is 1.24 bits per heavy atom. The van der Waals surface area contributed by atoms with Gasteiger partial charge in [0.2, 0.25) is 17.6 Å². The molecule has 10 nitrogen and oxygen atoms in total. The van der Waals surface area contributed by atoms with Crippen molar-refractivity contribution in [2.24, 2.45) is 17.4 Å². The summed E-state index contributed by atoms with van der Waals surface area (Å²) in [5, 5.41) is 5.32. The van der Waals surface area contributed by atoms with E-state index in [0.717, 1.165) is 11.1 Å². The summed E-state index contributed by atoms with van der Waals surface area (Å²) in [4.78, 5) is 61.7. The Balaban J connectivity index is 2.23. The fourth-order valence-electron chi connectivity index (χ4n) is 4.02. The minimum atomic E-state index is -1.21. The number of primary amides is 2. The fraction of sp³-hybridized carbons (Fsp3) is 0.370. The van der Waals surface area contributed by atoms with Gasteiger partial charge >= 0.3 is 6.09 Å². The van der Waals surface area contributed by atoms with Crippen molar-refractivity contribution in [3.63, 3.8) is 0 Å². The van der Waals surface area contributed by atoms with Gasteiger partial charge in [0.05, 0.1) is 0 Å². The first-order chi connectivity index (χ1) is 17.4. The molecule has 0 aliphatic heterocycles. The van der Waals surface area contributed by atoms with Crippen molar-refractivity contribution in [2.75, 3.05) is 0 Å². The van der Waals surface area contributed by atoms with Gasteiger partial charge in [-0.3, -0.25) is 19.2 Å². The molecule has 198 valence electrons. The number of ether oxygens (including phenoxy) is 1. The molecule has 0 radical (unpaired) electrons. The normalized spacial score (nSPS) is 13.5. The Bertz CT molecular complexity index is 1100. The first-order valence-electron chi connectivity index (χ1n) is 11.9. The highest BCUT2D eigenvalue weighted by Gasteiger charge is 2.32. The first-order valence-corrected chi connectivity index (χ1v) is 11.9. The van der Waals surface area contributed by atoms with E-state index in [-0.39, 0.29) is 19.3 Å². The van der Waals surface area contributed by atoms with Crippen molar-refractivity contribution in [3.05, 3.63) is 71.8 Å². The number of rotatable bonds is 13. The lowest BCUT2D eigenvalue weighted by Gasteiger charge is -2.28. The van der Waals surface area contributed by atoms with Gasteiger partial charge in [-0.25, -0.2) is 4.79 Å². The molecule has 0 fully saturated rings. The van der Waals surface area contributed by atoms with E-state index in [2.05, 4.69) is 10.6 Å². The van der Waals surface area contributed by atoms with Crippen LogP contribution in [-0.2, 0) is 36.8 Å². The van der Waals surface area contributed by atoms with Crippen LogP contribution in [0.25, 0.3) is 0 Å². The number of hydrogen-bond donors (Lipinski definition) is 4. The molecular weight excluding hydrogens is 476 g/mol. The number of hydrogen-bond acceptors (Lipinski definition) is 6. The lowest BCUT2D eigenvalue weighted by molar-refractivity contribution is -0.139. The van der Waals surface area contributed by atoms with Gasteiger partial charge in [-0.05, 0) is 31.4 Å². The van der Waals surface area contributed by atoms with Crippen molar-refractivity contribution >= 4 is 29.6 Å². The third-order valence-corrected chi connectivity index (χ3v) is 5.70. The quantitative estimate of drug-likeness (QED) is 0.297. The molecule has 2 aromatic carbocycles. The number of carbonyl (C=O) groups is 5. The predicted octanol–water partition coefficient (Wildman–Crippen LogP) is 1.40. The van der Waals surface area contributed by atoms with Gasteiger partial charge in [0.15, 0.2) is 0 Å². The van der Waals surface area contributed by atoms with Crippen molar-refractivity contribution in [1.82, 2.24) is 10.6 Å². The number of amides is 4. The zero-order valence-corrected chi connectivity index (χ0v) is 21.2. The molecule has 0 spiro atoms. The maximum absolute atomic E-state index is 13.3. The molecule has 0 unspecified atom stereocenters. The van der Waals surface area contributed by atoms with Crippen LogP contribution < -0.4 is 22.1 Å². The van der Waals surface area contributed by atoms with Gasteiger partial charge in [0.1, 0.15) is 17.7 Å². The third kappa shape index (κ3) is 9.75. The molecule has 37 heavy (non-hydrogen) atoms. The molecule has 2 rings (SSSR count). The Labute approximate surface area is 216 Å². The summed E-state index contributed by atoms with van der Waals surface area (Å²) in [6.45, 7) is 4.88. The highest BCUT2D eigenvalue weighted by Crippen LogP contribution is 2.21. The number of ketones is 1. The van der Waals surface area contributed by atoms with E-state index in [1.165, 1.54) is 0 Å². The Hall–Kier alpha value is -4.21. The Morgan fingerprint density at radius 1 is 0.784 bits per heavy atom. The largest absolute Gasteiger partial charge is 0.444 e. The number of nitrogens with one attached hydrogen (secondary N) is 2. The van der Waals surface area contributed by atoms with E-state index in [9.17, 15) is 24.0 Å². The monoisotopic (exact) mass is 510 g/mol. The Morgan fingerprint density at radius 3 is 1.70 bits per heavy atom. The van der Waals surface area contributed by atoms with E-state index in [1.54, 1.807) is 75.4 Å². The van der Waals surface area contributed by atoms with Crippen LogP contribution in [0.3, 0.4) is 0 Å². The van der Waals surface area contributed by atoms with Gasteiger partial charge in [-0.15, -0.1) is 0 Å². The average molecular weight is 511 g/mol. The maximum Gasteiger partial charge on any atom is 0.405 e. The minimum absolute atomic E-state index is 0.0510. The van der Waals surface area contributed by atoms with Gasteiger partial charge in [0, 0.05) is 18.8 Å². The lowest BCUT2D eigenvalue weighted by Crippen LogP contribution is -2.55. The smallest absolute Gasteiger partial charge is 0.405 e. The molecule has 2 aromatic rings. The highest BCUT2D eigenvalue weighted by atomic mass is 16.6. The average Bonchev–Trinajstić information content (AvgIpc) is 2.82. The van der Waals surface area contributed by atoms with E-state index >= 15 is 0 Å². The topological polar surface area (TPSA) is 171 Å². The fourth-order valence-corrected chi connectivity index (χ4v) is 4.02. The van der Waals surface area contributed by atoms with Gasteiger partial charge in [0.25, 0.3) is 5.91 Å². The van der Waals surface area contributed by atoms with Crippen LogP contribution >= 0.6 is 0 Å². The molecular formula is C27H34N4O6. The number of benzene rings is 2.